The summed E-state index contributed by atoms with van der Waals surface area (Å²) in [6.45, 7) is 1.76. The fraction of sp³-hybridized carbons (Fsp3) is 0.167. The zero-order chi connectivity index (χ0) is 13.3. The van der Waals surface area contributed by atoms with Crippen LogP contribution < -0.4 is 0 Å². The van der Waals surface area contributed by atoms with Gasteiger partial charge in [-0.25, -0.2) is 9.18 Å². The molecule has 0 fully saturated rings. The molecule has 0 radical (unpaired) electrons. The number of hydrogen-bond acceptors (Lipinski definition) is 3. The number of hydrogen-bond donors (Lipinski definition) is 1. The summed E-state index contributed by atoms with van der Waals surface area (Å²) in [4.78, 5) is 11.3. The Morgan fingerprint density at radius 1 is 1.44 bits per heavy atom. The minimum atomic E-state index is -0.556. The molecule has 2 rings (SSSR count). The number of carbonyl (C=O) groups is 1. The quantitative estimate of drug-likeness (QED) is 0.852. The van der Waals surface area contributed by atoms with E-state index in [2.05, 4.69) is 14.9 Å². The minimum absolute atomic E-state index is 0.166. The van der Waals surface area contributed by atoms with E-state index in [1.54, 1.807) is 13.0 Å². The van der Waals surface area contributed by atoms with E-state index >= 15 is 0 Å². The molecular formula is C12H10ClFN2O2. The number of ether oxygens (including phenoxy) is 1. The van der Waals surface area contributed by atoms with Crippen LogP contribution in [0.25, 0.3) is 11.3 Å². The van der Waals surface area contributed by atoms with Gasteiger partial charge in [-0.2, -0.15) is 5.10 Å². The molecule has 94 valence electrons. The van der Waals surface area contributed by atoms with E-state index in [-0.39, 0.29) is 11.3 Å². The Balaban J connectivity index is 2.46. The van der Waals surface area contributed by atoms with Crippen LogP contribution >= 0.6 is 11.6 Å². The lowest BCUT2D eigenvalue weighted by Crippen LogP contribution is -2.00. The molecule has 0 aliphatic carbocycles. The normalized spacial score (nSPS) is 10.4. The minimum Gasteiger partial charge on any atom is -0.464 e. The number of methoxy groups -OCH3 is 1. The van der Waals surface area contributed by atoms with Crippen molar-refractivity contribution in [1.29, 1.82) is 0 Å². The standard InChI is InChI=1S/C12H10ClFN2O2/c1-6-3-7(9(14)4-8(6)13)10-5-11(16-15-10)12(17)18-2/h3-5H,1-2H3,(H,15,16). The first-order valence-electron chi connectivity index (χ1n) is 5.12. The van der Waals surface area contributed by atoms with Gasteiger partial charge in [-0.15, -0.1) is 0 Å². The van der Waals surface area contributed by atoms with Gasteiger partial charge in [-0.1, -0.05) is 11.6 Å². The highest BCUT2D eigenvalue weighted by atomic mass is 35.5. The van der Waals surface area contributed by atoms with Crippen molar-refractivity contribution in [2.75, 3.05) is 7.11 Å². The SMILES string of the molecule is COC(=O)c1cc(-c2cc(C)c(Cl)cc2F)n[nH]1. The molecule has 2 aromatic rings. The number of nitrogens with one attached hydrogen (secondary N) is 1. The third kappa shape index (κ3) is 2.22. The van der Waals surface area contributed by atoms with Crippen molar-refractivity contribution in [3.63, 3.8) is 0 Å². The summed E-state index contributed by atoms with van der Waals surface area (Å²) in [5, 5.41) is 6.72. The molecule has 4 nitrogen and oxygen atoms in total. The van der Waals surface area contributed by atoms with Crippen molar-refractivity contribution >= 4 is 17.6 Å². The van der Waals surface area contributed by atoms with E-state index < -0.39 is 11.8 Å². The number of aryl methyl sites for hydroxylation is 1. The molecule has 6 heteroatoms. The molecule has 18 heavy (non-hydrogen) atoms. The fourth-order valence-corrected chi connectivity index (χ4v) is 1.68. The van der Waals surface area contributed by atoms with Crippen LogP contribution in [0.2, 0.25) is 5.02 Å². The van der Waals surface area contributed by atoms with Gasteiger partial charge < -0.3 is 4.74 Å². The maximum atomic E-state index is 13.8. The summed E-state index contributed by atoms with van der Waals surface area (Å²) in [6.07, 6.45) is 0. The maximum absolute atomic E-state index is 13.8. The topological polar surface area (TPSA) is 55.0 Å². The molecule has 0 aliphatic rings. The number of H-pyrrole nitrogens is 1. The van der Waals surface area contributed by atoms with Gasteiger partial charge in [0.25, 0.3) is 0 Å². The van der Waals surface area contributed by atoms with Gasteiger partial charge in [0.15, 0.2) is 0 Å². The van der Waals surface area contributed by atoms with Crippen LogP contribution in [0.4, 0.5) is 4.39 Å². The van der Waals surface area contributed by atoms with Gasteiger partial charge in [-0.3, -0.25) is 5.10 Å². The van der Waals surface area contributed by atoms with Gasteiger partial charge in [0.1, 0.15) is 11.5 Å². The number of benzene rings is 1. The van der Waals surface area contributed by atoms with Crippen LogP contribution in [0.15, 0.2) is 18.2 Å². The predicted octanol–water partition coefficient (Wildman–Crippen LogP) is 2.96. The Kier molecular flexibility index (Phi) is 3.34. The first-order valence-corrected chi connectivity index (χ1v) is 5.50. The molecule has 0 spiro atoms. The average Bonchev–Trinajstić information content (AvgIpc) is 2.82. The molecule has 0 saturated heterocycles. The lowest BCUT2D eigenvalue weighted by atomic mass is 10.1. The lowest BCUT2D eigenvalue weighted by molar-refractivity contribution is 0.0594. The summed E-state index contributed by atoms with van der Waals surface area (Å²) in [6, 6.07) is 4.23. The number of aromatic amines is 1. The third-order valence-electron chi connectivity index (χ3n) is 2.51. The monoisotopic (exact) mass is 268 g/mol. The summed E-state index contributed by atoms with van der Waals surface area (Å²) in [5.74, 6) is -1.05. The van der Waals surface area contributed by atoms with Crippen molar-refractivity contribution in [2.24, 2.45) is 0 Å². The number of aromatic nitrogens is 2. The highest BCUT2D eigenvalue weighted by Crippen LogP contribution is 2.27. The van der Waals surface area contributed by atoms with Gasteiger partial charge in [0.05, 0.1) is 12.8 Å². The highest BCUT2D eigenvalue weighted by molar-refractivity contribution is 6.31. The molecule has 0 saturated carbocycles. The molecule has 0 unspecified atom stereocenters. The van der Waals surface area contributed by atoms with Crippen LogP contribution in [0, 0.1) is 12.7 Å². The van der Waals surface area contributed by atoms with Crippen LogP contribution in [0.5, 0.6) is 0 Å². The number of rotatable bonds is 2. The highest BCUT2D eigenvalue weighted by Gasteiger charge is 2.14. The summed E-state index contributed by atoms with van der Waals surface area (Å²) in [7, 11) is 1.26. The largest absolute Gasteiger partial charge is 0.464 e. The summed E-state index contributed by atoms with van der Waals surface area (Å²) < 4.78 is 18.3. The molecule has 0 atom stereocenters. The van der Waals surface area contributed by atoms with E-state index in [9.17, 15) is 9.18 Å². The first-order chi connectivity index (χ1) is 8.52. The van der Waals surface area contributed by atoms with Crippen molar-refractivity contribution in [3.05, 3.63) is 40.3 Å². The van der Waals surface area contributed by atoms with Crippen molar-refractivity contribution < 1.29 is 13.9 Å². The fourth-order valence-electron chi connectivity index (χ4n) is 1.53. The predicted molar refractivity (Wildman–Crippen MR) is 65.1 cm³/mol. The smallest absolute Gasteiger partial charge is 0.356 e. The third-order valence-corrected chi connectivity index (χ3v) is 2.91. The summed E-state index contributed by atoms with van der Waals surface area (Å²) in [5.41, 5.74) is 1.51. The van der Waals surface area contributed by atoms with Crippen LogP contribution in [-0.4, -0.2) is 23.3 Å². The second-order valence-corrected chi connectivity index (χ2v) is 4.15. The number of carbonyl (C=O) groups excluding carboxylic acids is 1. The Labute approximate surface area is 108 Å². The molecule has 1 heterocycles. The molecular weight excluding hydrogens is 259 g/mol. The molecule has 0 aliphatic heterocycles. The van der Waals surface area contributed by atoms with Crippen LogP contribution in [0.1, 0.15) is 16.1 Å². The maximum Gasteiger partial charge on any atom is 0.356 e. The average molecular weight is 269 g/mol. The number of halogens is 2. The van der Waals surface area contributed by atoms with E-state index in [0.717, 1.165) is 5.56 Å². The second kappa shape index (κ2) is 4.78. The number of esters is 1. The Morgan fingerprint density at radius 2 is 2.17 bits per heavy atom. The zero-order valence-electron chi connectivity index (χ0n) is 9.75. The van der Waals surface area contributed by atoms with Crippen molar-refractivity contribution in [3.8, 4) is 11.3 Å². The van der Waals surface area contributed by atoms with Gasteiger partial charge in [-0.05, 0) is 30.7 Å². The van der Waals surface area contributed by atoms with Gasteiger partial charge in [0.2, 0.25) is 0 Å². The Morgan fingerprint density at radius 3 is 2.83 bits per heavy atom. The van der Waals surface area contributed by atoms with Crippen LogP contribution in [-0.2, 0) is 4.74 Å². The van der Waals surface area contributed by atoms with Crippen LogP contribution in [0.3, 0.4) is 0 Å². The van der Waals surface area contributed by atoms with Gasteiger partial charge >= 0.3 is 5.97 Å². The molecule has 1 aromatic heterocycles. The first kappa shape index (κ1) is 12.6. The Hall–Kier alpha value is -1.88. The van der Waals surface area contributed by atoms with Crippen molar-refractivity contribution in [1.82, 2.24) is 10.2 Å². The lowest BCUT2D eigenvalue weighted by Gasteiger charge is -2.03. The molecule has 1 aromatic carbocycles. The number of nitrogens with zero attached hydrogens (tertiary/aromatic N) is 1. The van der Waals surface area contributed by atoms with E-state index in [4.69, 9.17) is 11.6 Å². The van der Waals surface area contributed by atoms with E-state index in [1.165, 1.54) is 19.2 Å². The molecule has 0 amide bonds. The second-order valence-electron chi connectivity index (χ2n) is 3.74. The molecule has 1 N–H and O–H groups in total. The van der Waals surface area contributed by atoms with Gasteiger partial charge in [0, 0.05) is 10.6 Å². The zero-order valence-corrected chi connectivity index (χ0v) is 10.5. The van der Waals surface area contributed by atoms with E-state index in [1.807, 2.05) is 0 Å². The van der Waals surface area contributed by atoms with E-state index in [0.29, 0.717) is 10.7 Å². The molecule has 0 bridgehead atoms. The van der Waals surface area contributed by atoms with Crippen molar-refractivity contribution in [2.45, 2.75) is 6.92 Å². The summed E-state index contributed by atoms with van der Waals surface area (Å²) >= 11 is 5.81. The Bertz CT molecular complexity index is 610.